The summed E-state index contributed by atoms with van der Waals surface area (Å²) in [5.41, 5.74) is -0.101. The van der Waals surface area contributed by atoms with Gasteiger partial charge < -0.3 is 14.4 Å². The maximum absolute atomic E-state index is 14.3. The number of nitrogens with zero attached hydrogens (tertiary/aromatic N) is 3. The summed E-state index contributed by atoms with van der Waals surface area (Å²) >= 11 is 0. The van der Waals surface area contributed by atoms with E-state index in [9.17, 15) is 17.2 Å². The Labute approximate surface area is 174 Å². The third-order valence-electron chi connectivity index (χ3n) is 5.00. The zero-order valence-electron chi connectivity index (χ0n) is 16.5. The highest BCUT2D eigenvalue weighted by atomic mass is 32.2. The summed E-state index contributed by atoms with van der Waals surface area (Å²) in [7, 11) is -1.48. The van der Waals surface area contributed by atoms with Crippen LogP contribution in [-0.2, 0) is 16.6 Å². The summed E-state index contributed by atoms with van der Waals surface area (Å²) in [5, 5.41) is 9.17. The molecule has 1 heterocycles. The van der Waals surface area contributed by atoms with E-state index in [0.717, 1.165) is 22.5 Å². The average Bonchev–Trinajstić information content (AvgIpc) is 3.22. The number of hydrogen-bond acceptors (Lipinski definition) is 6. The zero-order valence-corrected chi connectivity index (χ0v) is 17.3. The standard InChI is InChI=1S/C20H21F2N3O4S/c1-28-17-4-6-19(29-2)20(10-17)30(26,27)25(16-7-8-24(12-16)13-23)11-14-9-15(21)3-5-18(14)22/h3-6,9-10,16H,7-8,11-12H2,1-2H3/t16-/m1/s1. The SMILES string of the molecule is COc1ccc(OC)c(S(=O)(=O)N(Cc2cc(F)ccc2F)[C@@H]2CCN(C#N)C2)c1. The first-order valence-electron chi connectivity index (χ1n) is 9.12. The Balaban J connectivity index is 2.09. The molecule has 10 heteroatoms. The Kier molecular flexibility index (Phi) is 6.43. The molecule has 1 aliphatic rings. The van der Waals surface area contributed by atoms with Gasteiger partial charge in [-0.1, -0.05) is 0 Å². The number of ether oxygens (including phenoxy) is 2. The summed E-state index contributed by atoms with van der Waals surface area (Å²) < 4.78 is 66.8. The van der Waals surface area contributed by atoms with Crippen molar-refractivity contribution in [2.75, 3.05) is 27.3 Å². The molecule has 160 valence electrons. The van der Waals surface area contributed by atoms with Crippen molar-refractivity contribution >= 4 is 10.0 Å². The number of benzene rings is 2. The number of nitriles is 1. The molecule has 1 aliphatic heterocycles. The van der Waals surface area contributed by atoms with Gasteiger partial charge in [0.1, 0.15) is 28.0 Å². The first kappa shape index (κ1) is 21.8. The van der Waals surface area contributed by atoms with Crippen molar-refractivity contribution in [3.8, 4) is 17.7 Å². The van der Waals surface area contributed by atoms with Crippen LogP contribution in [0.4, 0.5) is 8.78 Å². The number of hydrogen-bond donors (Lipinski definition) is 0. The second kappa shape index (κ2) is 8.85. The lowest BCUT2D eigenvalue weighted by molar-refractivity contribution is 0.307. The van der Waals surface area contributed by atoms with Gasteiger partial charge in [0, 0.05) is 37.3 Å². The van der Waals surface area contributed by atoms with Crippen LogP contribution in [0.25, 0.3) is 0 Å². The van der Waals surface area contributed by atoms with Gasteiger partial charge in [0.05, 0.1) is 14.2 Å². The maximum Gasteiger partial charge on any atom is 0.247 e. The van der Waals surface area contributed by atoms with Gasteiger partial charge in [-0.15, -0.1) is 0 Å². The average molecular weight is 437 g/mol. The van der Waals surface area contributed by atoms with E-state index in [0.29, 0.717) is 18.7 Å². The number of likely N-dealkylation sites (tertiary alicyclic amines) is 1. The highest BCUT2D eigenvalue weighted by molar-refractivity contribution is 7.89. The van der Waals surface area contributed by atoms with Crippen LogP contribution in [0.1, 0.15) is 12.0 Å². The van der Waals surface area contributed by atoms with Gasteiger partial charge >= 0.3 is 0 Å². The monoisotopic (exact) mass is 437 g/mol. The molecule has 1 saturated heterocycles. The van der Waals surface area contributed by atoms with Crippen LogP contribution >= 0.6 is 0 Å². The third kappa shape index (κ3) is 4.32. The van der Waals surface area contributed by atoms with Crippen molar-refractivity contribution in [1.82, 2.24) is 9.21 Å². The van der Waals surface area contributed by atoms with Crippen LogP contribution < -0.4 is 9.47 Å². The maximum atomic E-state index is 14.3. The van der Waals surface area contributed by atoms with Gasteiger partial charge in [0.25, 0.3) is 0 Å². The lowest BCUT2D eigenvalue weighted by atomic mass is 10.2. The Bertz CT molecular complexity index is 1070. The fraction of sp³-hybridized carbons (Fsp3) is 0.350. The van der Waals surface area contributed by atoms with Crippen molar-refractivity contribution in [2.24, 2.45) is 0 Å². The van der Waals surface area contributed by atoms with E-state index in [1.807, 2.05) is 6.19 Å². The smallest absolute Gasteiger partial charge is 0.247 e. The van der Waals surface area contributed by atoms with Gasteiger partial charge in [-0.05, 0) is 36.8 Å². The largest absolute Gasteiger partial charge is 0.497 e. The second-order valence-corrected chi connectivity index (χ2v) is 8.65. The molecule has 0 spiro atoms. The van der Waals surface area contributed by atoms with Crippen molar-refractivity contribution < 1.29 is 26.7 Å². The molecule has 0 amide bonds. The summed E-state index contributed by atoms with van der Waals surface area (Å²) in [4.78, 5) is 1.27. The van der Waals surface area contributed by atoms with Crippen LogP contribution in [-0.4, -0.2) is 51.0 Å². The van der Waals surface area contributed by atoms with E-state index in [2.05, 4.69) is 0 Å². The lowest BCUT2D eigenvalue weighted by Crippen LogP contribution is -2.41. The van der Waals surface area contributed by atoms with Gasteiger partial charge in [-0.3, -0.25) is 0 Å². The Morgan fingerprint density at radius 2 is 1.97 bits per heavy atom. The summed E-state index contributed by atoms with van der Waals surface area (Å²) in [6.45, 7) is 0.128. The normalized spacial score (nSPS) is 16.5. The van der Waals surface area contributed by atoms with E-state index in [1.165, 1.54) is 31.3 Å². The highest BCUT2D eigenvalue weighted by Crippen LogP contribution is 2.34. The molecule has 2 aromatic rings. The van der Waals surface area contributed by atoms with E-state index in [4.69, 9.17) is 14.7 Å². The molecular weight excluding hydrogens is 416 g/mol. The zero-order chi connectivity index (χ0) is 21.9. The quantitative estimate of drug-likeness (QED) is 0.620. The minimum absolute atomic E-state index is 0.0932. The molecular formula is C20H21F2N3O4S. The predicted molar refractivity (Wildman–Crippen MR) is 104 cm³/mol. The molecule has 0 aliphatic carbocycles. The molecule has 7 nitrogen and oxygen atoms in total. The van der Waals surface area contributed by atoms with Crippen molar-refractivity contribution in [3.63, 3.8) is 0 Å². The molecule has 0 aromatic heterocycles. The minimum atomic E-state index is -4.22. The van der Waals surface area contributed by atoms with Crippen LogP contribution in [0.15, 0.2) is 41.3 Å². The van der Waals surface area contributed by atoms with Crippen molar-refractivity contribution in [1.29, 1.82) is 5.26 Å². The number of methoxy groups -OCH3 is 2. The van der Waals surface area contributed by atoms with Crippen molar-refractivity contribution in [2.45, 2.75) is 23.9 Å². The lowest BCUT2D eigenvalue weighted by Gasteiger charge is -2.28. The third-order valence-corrected chi connectivity index (χ3v) is 6.92. The van der Waals surface area contributed by atoms with Gasteiger partial charge in [-0.2, -0.15) is 9.57 Å². The molecule has 2 aromatic carbocycles. The topological polar surface area (TPSA) is 82.9 Å². The van der Waals surface area contributed by atoms with Crippen LogP contribution in [0.3, 0.4) is 0 Å². The molecule has 3 rings (SSSR count). The molecule has 0 N–H and O–H groups in total. The van der Waals surface area contributed by atoms with Crippen molar-refractivity contribution in [3.05, 3.63) is 53.6 Å². The molecule has 0 unspecified atom stereocenters. The first-order chi connectivity index (χ1) is 14.3. The van der Waals surface area contributed by atoms with E-state index in [1.54, 1.807) is 6.07 Å². The van der Waals surface area contributed by atoms with Gasteiger partial charge in [0.15, 0.2) is 6.19 Å². The van der Waals surface area contributed by atoms with Gasteiger partial charge in [-0.25, -0.2) is 17.2 Å². The van der Waals surface area contributed by atoms with Gasteiger partial charge in [0.2, 0.25) is 10.0 Å². The minimum Gasteiger partial charge on any atom is -0.497 e. The highest BCUT2D eigenvalue weighted by Gasteiger charge is 2.38. The molecule has 30 heavy (non-hydrogen) atoms. The predicted octanol–water partition coefficient (Wildman–Crippen LogP) is 2.73. The fourth-order valence-corrected chi connectivity index (χ4v) is 5.22. The Morgan fingerprint density at radius 1 is 1.20 bits per heavy atom. The van der Waals surface area contributed by atoms with Crippen LogP contribution in [0.2, 0.25) is 0 Å². The number of sulfonamides is 1. The fourth-order valence-electron chi connectivity index (χ4n) is 3.42. The molecule has 1 fully saturated rings. The summed E-state index contributed by atoms with van der Waals surface area (Å²) in [5.74, 6) is -0.996. The molecule has 1 atom stereocenters. The Morgan fingerprint density at radius 3 is 2.60 bits per heavy atom. The molecule has 0 saturated carbocycles. The van der Waals surface area contributed by atoms with E-state index >= 15 is 0 Å². The van der Waals surface area contributed by atoms with E-state index < -0.39 is 34.2 Å². The van der Waals surface area contributed by atoms with E-state index in [-0.39, 0.29) is 22.8 Å². The summed E-state index contributed by atoms with van der Waals surface area (Å²) in [6.07, 6.45) is 2.37. The first-order valence-corrected chi connectivity index (χ1v) is 10.6. The second-order valence-electron chi connectivity index (χ2n) is 6.79. The van der Waals surface area contributed by atoms with Crippen LogP contribution in [0.5, 0.6) is 11.5 Å². The molecule has 0 radical (unpaired) electrons. The van der Waals surface area contributed by atoms with Crippen LogP contribution in [0, 0.1) is 23.1 Å². The number of halogens is 2. The number of rotatable bonds is 7. The Hall–Kier alpha value is -2.90. The summed E-state index contributed by atoms with van der Waals surface area (Å²) in [6, 6.07) is 6.63. The molecule has 0 bridgehead atoms.